The fourth-order valence-corrected chi connectivity index (χ4v) is 4.82. The molecule has 0 unspecified atom stereocenters. The van der Waals surface area contributed by atoms with Crippen molar-refractivity contribution < 1.29 is 9.21 Å². The van der Waals surface area contributed by atoms with Gasteiger partial charge in [0.15, 0.2) is 12.0 Å². The van der Waals surface area contributed by atoms with Gasteiger partial charge in [-0.15, -0.1) is 0 Å². The maximum absolute atomic E-state index is 13.3. The first kappa shape index (κ1) is 19.8. The molecule has 2 N–H and O–H groups in total. The van der Waals surface area contributed by atoms with Crippen LogP contribution in [0.25, 0.3) is 22.0 Å². The molecule has 1 fully saturated rings. The van der Waals surface area contributed by atoms with Crippen LogP contribution in [-0.2, 0) is 6.54 Å². The molecule has 6 heteroatoms. The molecule has 0 bridgehead atoms. The lowest BCUT2D eigenvalue weighted by molar-refractivity contribution is 0.0623. The predicted octanol–water partition coefficient (Wildman–Crippen LogP) is 4.87. The number of amides is 1. The highest BCUT2D eigenvalue weighted by molar-refractivity contribution is 5.98. The third-order valence-corrected chi connectivity index (χ3v) is 6.44. The maximum Gasteiger partial charge on any atom is 0.270 e. The number of H-pyrrole nitrogens is 1. The number of aromatic amines is 1. The van der Waals surface area contributed by atoms with Crippen molar-refractivity contribution in [2.45, 2.75) is 51.2 Å². The number of nitrogens with zero attached hydrogens (tertiary/aromatic N) is 2. The summed E-state index contributed by atoms with van der Waals surface area (Å²) in [6.07, 6.45) is 5.79. The Morgan fingerprint density at radius 3 is 3.00 bits per heavy atom. The zero-order valence-corrected chi connectivity index (χ0v) is 17.8. The number of carbonyl (C=O) groups excluding carboxylic acids is 1. The Morgan fingerprint density at radius 1 is 1.23 bits per heavy atom. The quantitative estimate of drug-likeness (QED) is 0.470. The summed E-state index contributed by atoms with van der Waals surface area (Å²) in [5.74, 6) is 0.0980. The van der Waals surface area contributed by atoms with E-state index in [9.17, 15) is 4.79 Å². The van der Waals surface area contributed by atoms with Crippen LogP contribution < -0.4 is 5.32 Å². The van der Waals surface area contributed by atoms with Crippen LogP contribution >= 0.6 is 0 Å². The normalized spacial score (nSPS) is 19.1. The molecule has 31 heavy (non-hydrogen) atoms. The Morgan fingerprint density at radius 2 is 2.13 bits per heavy atom. The largest absolute Gasteiger partial charge is 0.443 e. The highest BCUT2D eigenvalue weighted by Gasteiger charge is 2.29. The number of fused-ring (bicyclic) bond motifs is 2. The first-order valence-electron chi connectivity index (χ1n) is 11.2. The fraction of sp³-hybridized carbons (Fsp3) is 0.360. The van der Waals surface area contributed by atoms with Crippen molar-refractivity contribution in [3.05, 3.63) is 66.2 Å². The van der Waals surface area contributed by atoms with Gasteiger partial charge in [-0.3, -0.25) is 4.79 Å². The molecule has 2 aromatic heterocycles. The lowest BCUT2D eigenvalue weighted by Gasteiger charge is -2.37. The van der Waals surface area contributed by atoms with Crippen LogP contribution in [0.3, 0.4) is 0 Å². The summed E-state index contributed by atoms with van der Waals surface area (Å²) in [5.41, 5.74) is 4.59. The molecule has 1 aliphatic rings. The SMILES string of the molecule is CCN(C(=O)c1cc2ccccc2[nH]1)[C@H]1CCC[C@@H](NCc2ccc3ocnc3c2)C1. The van der Waals surface area contributed by atoms with Crippen molar-refractivity contribution >= 4 is 27.9 Å². The van der Waals surface area contributed by atoms with Crippen LogP contribution in [0.5, 0.6) is 0 Å². The number of aromatic nitrogens is 2. The minimum atomic E-state index is 0.0980. The zero-order valence-electron chi connectivity index (χ0n) is 17.8. The molecule has 5 rings (SSSR count). The van der Waals surface area contributed by atoms with Crippen LogP contribution in [0.15, 0.2) is 59.3 Å². The van der Waals surface area contributed by atoms with Gasteiger partial charge in [0.25, 0.3) is 5.91 Å². The summed E-state index contributed by atoms with van der Waals surface area (Å²) in [6.45, 7) is 3.58. The number of hydrogen-bond acceptors (Lipinski definition) is 4. The van der Waals surface area contributed by atoms with E-state index in [4.69, 9.17) is 4.42 Å². The fourth-order valence-electron chi connectivity index (χ4n) is 4.82. The highest BCUT2D eigenvalue weighted by Crippen LogP contribution is 2.26. The highest BCUT2D eigenvalue weighted by atomic mass is 16.3. The van der Waals surface area contributed by atoms with Gasteiger partial charge in [-0.05, 0) is 62.4 Å². The molecular weight excluding hydrogens is 388 g/mol. The number of benzene rings is 2. The Labute approximate surface area is 181 Å². The van der Waals surface area contributed by atoms with E-state index in [1.54, 1.807) is 0 Å². The van der Waals surface area contributed by atoms with Crippen molar-refractivity contribution in [3.63, 3.8) is 0 Å². The average molecular weight is 417 g/mol. The van der Waals surface area contributed by atoms with Gasteiger partial charge in [0, 0.05) is 36.1 Å². The Balaban J connectivity index is 1.25. The van der Waals surface area contributed by atoms with E-state index in [2.05, 4.69) is 34.3 Å². The number of hydrogen-bond donors (Lipinski definition) is 2. The van der Waals surface area contributed by atoms with E-state index in [1.165, 1.54) is 12.0 Å². The van der Waals surface area contributed by atoms with Gasteiger partial charge in [-0.1, -0.05) is 24.3 Å². The Kier molecular flexibility index (Phi) is 5.47. The molecule has 0 aliphatic heterocycles. The van der Waals surface area contributed by atoms with Gasteiger partial charge in [-0.25, -0.2) is 4.98 Å². The average Bonchev–Trinajstić information content (AvgIpc) is 3.45. The van der Waals surface area contributed by atoms with Gasteiger partial charge < -0.3 is 19.6 Å². The molecule has 1 amide bonds. The molecule has 160 valence electrons. The molecule has 2 atom stereocenters. The number of nitrogens with one attached hydrogen (secondary N) is 2. The number of rotatable bonds is 6. The van der Waals surface area contributed by atoms with E-state index in [1.807, 2.05) is 41.3 Å². The topological polar surface area (TPSA) is 74.2 Å². The minimum absolute atomic E-state index is 0.0980. The lowest BCUT2D eigenvalue weighted by Crippen LogP contribution is -2.46. The number of para-hydroxylation sites is 1. The zero-order chi connectivity index (χ0) is 21.2. The van der Waals surface area contributed by atoms with Gasteiger partial charge in [0.2, 0.25) is 0 Å². The van der Waals surface area contributed by atoms with E-state index in [-0.39, 0.29) is 11.9 Å². The molecule has 1 saturated carbocycles. The minimum Gasteiger partial charge on any atom is -0.443 e. The second-order valence-electron chi connectivity index (χ2n) is 8.41. The second kappa shape index (κ2) is 8.55. The van der Waals surface area contributed by atoms with Crippen LogP contribution in [0.1, 0.15) is 48.7 Å². The van der Waals surface area contributed by atoms with Crippen molar-refractivity contribution in [2.24, 2.45) is 0 Å². The van der Waals surface area contributed by atoms with Crippen molar-refractivity contribution in [2.75, 3.05) is 6.54 Å². The Bertz CT molecular complexity index is 1160. The predicted molar refractivity (Wildman–Crippen MR) is 122 cm³/mol. The van der Waals surface area contributed by atoms with Gasteiger partial charge in [0.05, 0.1) is 0 Å². The lowest BCUT2D eigenvalue weighted by atomic mass is 9.89. The first-order valence-corrected chi connectivity index (χ1v) is 11.2. The van der Waals surface area contributed by atoms with E-state index in [0.717, 1.165) is 54.2 Å². The third kappa shape index (κ3) is 4.08. The third-order valence-electron chi connectivity index (χ3n) is 6.44. The summed E-state index contributed by atoms with van der Waals surface area (Å²) in [7, 11) is 0. The van der Waals surface area contributed by atoms with Gasteiger partial charge >= 0.3 is 0 Å². The van der Waals surface area contributed by atoms with Crippen LogP contribution in [0, 0.1) is 0 Å². The standard InChI is InChI=1S/C25H28N4O2/c1-2-29(25(30)23-13-18-6-3-4-9-21(18)28-23)20-8-5-7-19(14-20)26-15-17-10-11-24-22(12-17)27-16-31-24/h3-4,6,9-13,16,19-20,26,28H,2,5,7-8,14-15H2,1H3/t19-,20+/m1/s1. The monoisotopic (exact) mass is 416 g/mol. The van der Waals surface area contributed by atoms with Gasteiger partial charge in [-0.2, -0.15) is 0 Å². The van der Waals surface area contributed by atoms with Crippen LogP contribution in [0.4, 0.5) is 0 Å². The summed E-state index contributed by atoms with van der Waals surface area (Å²) < 4.78 is 5.33. The molecule has 2 aromatic carbocycles. The molecular formula is C25H28N4O2. The molecule has 2 heterocycles. The number of oxazole rings is 1. The van der Waals surface area contributed by atoms with Crippen molar-refractivity contribution in [1.29, 1.82) is 0 Å². The number of carbonyl (C=O) groups is 1. The molecule has 6 nitrogen and oxygen atoms in total. The first-order chi connectivity index (χ1) is 15.2. The smallest absolute Gasteiger partial charge is 0.270 e. The molecule has 0 saturated heterocycles. The maximum atomic E-state index is 13.3. The second-order valence-corrected chi connectivity index (χ2v) is 8.41. The van der Waals surface area contributed by atoms with Crippen LogP contribution in [0.2, 0.25) is 0 Å². The Hall–Kier alpha value is -3.12. The summed E-state index contributed by atoms with van der Waals surface area (Å²) >= 11 is 0. The molecule has 1 aliphatic carbocycles. The van der Waals surface area contributed by atoms with Crippen LogP contribution in [-0.4, -0.2) is 39.4 Å². The summed E-state index contributed by atoms with van der Waals surface area (Å²) in [6, 6.07) is 16.8. The van der Waals surface area contributed by atoms with E-state index < -0.39 is 0 Å². The van der Waals surface area contributed by atoms with E-state index >= 15 is 0 Å². The summed E-state index contributed by atoms with van der Waals surface area (Å²) in [5, 5.41) is 4.78. The molecule has 0 radical (unpaired) electrons. The van der Waals surface area contributed by atoms with Gasteiger partial charge in [0.1, 0.15) is 11.2 Å². The van der Waals surface area contributed by atoms with Crippen molar-refractivity contribution in [3.8, 4) is 0 Å². The molecule has 0 spiro atoms. The van der Waals surface area contributed by atoms with Crippen molar-refractivity contribution in [1.82, 2.24) is 20.2 Å². The summed E-state index contributed by atoms with van der Waals surface area (Å²) in [4.78, 5) is 22.9. The molecule has 4 aromatic rings. The van der Waals surface area contributed by atoms with E-state index in [0.29, 0.717) is 18.3 Å².